The molecule has 0 bridgehead atoms. The second-order valence-electron chi connectivity index (χ2n) is 8.97. The van der Waals surface area contributed by atoms with Gasteiger partial charge in [-0.3, -0.25) is 9.69 Å². The molecule has 0 aliphatic carbocycles. The van der Waals surface area contributed by atoms with Crippen molar-refractivity contribution in [3.63, 3.8) is 0 Å². The number of carbonyl (C=O) groups is 1. The van der Waals surface area contributed by atoms with Crippen LogP contribution >= 0.6 is 0 Å². The van der Waals surface area contributed by atoms with E-state index in [-0.39, 0.29) is 23.4 Å². The smallest absolute Gasteiger partial charge is 0.379 e. The summed E-state index contributed by atoms with van der Waals surface area (Å²) in [6.07, 6.45) is 0.475. The molecule has 2 aromatic heterocycles. The van der Waals surface area contributed by atoms with Crippen molar-refractivity contribution in [1.29, 1.82) is 0 Å². The van der Waals surface area contributed by atoms with Crippen LogP contribution in [0.5, 0.6) is 0 Å². The number of carbonyl (C=O) groups excluding carboxylic acids is 1. The van der Waals surface area contributed by atoms with Crippen molar-refractivity contribution in [2.45, 2.75) is 19.6 Å². The van der Waals surface area contributed by atoms with Crippen LogP contribution in [-0.2, 0) is 17.5 Å². The van der Waals surface area contributed by atoms with Crippen molar-refractivity contribution < 1.29 is 22.7 Å². The maximum absolute atomic E-state index is 13.9. The van der Waals surface area contributed by atoms with Crippen LogP contribution in [-0.4, -0.2) is 51.7 Å². The van der Waals surface area contributed by atoms with E-state index in [0.717, 1.165) is 11.6 Å². The van der Waals surface area contributed by atoms with Crippen molar-refractivity contribution >= 4 is 17.2 Å². The van der Waals surface area contributed by atoms with Gasteiger partial charge in [0, 0.05) is 54.9 Å². The largest absolute Gasteiger partial charge is 0.416 e. The van der Waals surface area contributed by atoms with Crippen molar-refractivity contribution in [2.75, 3.05) is 31.6 Å². The van der Waals surface area contributed by atoms with Gasteiger partial charge >= 0.3 is 6.18 Å². The number of hydrogen-bond donors (Lipinski definition) is 1. The van der Waals surface area contributed by atoms with Crippen LogP contribution in [0.15, 0.2) is 61.1 Å². The highest BCUT2D eigenvalue weighted by molar-refractivity contribution is 6.04. The van der Waals surface area contributed by atoms with E-state index < -0.39 is 17.6 Å². The molecule has 0 unspecified atom stereocenters. The molecule has 1 fully saturated rings. The zero-order valence-corrected chi connectivity index (χ0v) is 20.5. The number of morpholine rings is 1. The van der Waals surface area contributed by atoms with Crippen LogP contribution in [0.1, 0.15) is 38.2 Å². The molecule has 0 atom stereocenters. The Labute approximate surface area is 217 Å². The van der Waals surface area contributed by atoms with Crippen LogP contribution in [0.3, 0.4) is 0 Å². The van der Waals surface area contributed by atoms with Gasteiger partial charge in [-0.25, -0.2) is 9.50 Å². The average molecular weight is 520 g/mol. The number of nitrogens with one attached hydrogen (secondary N) is 1. The summed E-state index contributed by atoms with van der Waals surface area (Å²) >= 11 is 0. The molecule has 1 amide bonds. The summed E-state index contributed by atoms with van der Waals surface area (Å²) in [5, 5.41) is 6.74. The summed E-state index contributed by atoms with van der Waals surface area (Å²) in [6.45, 7) is 4.16. The summed E-state index contributed by atoms with van der Waals surface area (Å²) in [6, 6.07) is 10.7. The third-order valence-corrected chi connectivity index (χ3v) is 6.26. The number of anilines is 1. The zero-order chi connectivity index (χ0) is 26.7. The maximum atomic E-state index is 13.9. The molecule has 194 valence electrons. The Hall–Kier alpha value is -4.20. The summed E-state index contributed by atoms with van der Waals surface area (Å²) in [4.78, 5) is 19.1. The van der Waals surface area contributed by atoms with Gasteiger partial charge in [0.25, 0.3) is 5.91 Å². The Morgan fingerprint density at radius 3 is 2.71 bits per heavy atom. The van der Waals surface area contributed by atoms with Gasteiger partial charge in [-0.05, 0) is 42.3 Å². The number of aryl methyl sites for hydroxylation is 1. The molecule has 0 spiro atoms. The Morgan fingerprint density at radius 1 is 1.11 bits per heavy atom. The second-order valence-corrected chi connectivity index (χ2v) is 8.97. The van der Waals surface area contributed by atoms with Crippen molar-refractivity contribution in [1.82, 2.24) is 19.5 Å². The fourth-order valence-electron chi connectivity index (χ4n) is 4.17. The highest BCUT2D eigenvalue weighted by atomic mass is 19.4. The van der Waals surface area contributed by atoms with Crippen LogP contribution in [0.4, 0.5) is 18.9 Å². The second kappa shape index (κ2) is 10.7. The summed E-state index contributed by atoms with van der Waals surface area (Å²) in [7, 11) is 0. The van der Waals surface area contributed by atoms with E-state index in [1.807, 2.05) is 11.8 Å². The Bertz CT molecular complexity index is 1550. The number of alkyl halides is 3. The normalized spacial score (nSPS) is 14.2. The Kier molecular flexibility index (Phi) is 7.13. The van der Waals surface area contributed by atoms with Gasteiger partial charge < -0.3 is 10.1 Å². The molecular weight excluding hydrogens is 495 g/mol. The number of fused-ring (bicyclic) bond motifs is 1. The first-order valence-electron chi connectivity index (χ1n) is 12.0. The number of benzene rings is 2. The predicted molar refractivity (Wildman–Crippen MR) is 136 cm³/mol. The fourth-order valence-corrected chi connectivity index (χ4v) is 4.17. The minimum Gasteiger partial charge on any atom is -0.379 e. The van der Waals surface area contributed by atoms with E-state index in [2.05, 4.69) is 27.2 Å². The summed E-state index contributed by atoms with van der Waals surface area (Å²) < 4.78 is 48.4. The van der Waals surface area contributed by atoms with Gasteiger partial charge in [0.2, 0.25) is 0 Å². The van der Waals surface area contributed by atoms with Gasteiger partial charge in [-0.2, -0.15) is 18.3 Å². The first-order valence-corrected chi connectivity index (χ1v) is 12.0. The van der Waals surface area contributed by atoms with Gasteiger partial charge in [-0.1, -0.05) is 24.0 Å². The van der Waals surface area contributed by atoms with Crippen LogP contribution < -0.4 is 5.32 Å². The van der Waals surface area contributed by atoms with E-state index in [1.165, 1.54) is 12.1 Å². The van der Waals surface area contributed by atoms with Crippen LogP contribution in [0.2, 0.25) is 0 Å². The van der Waals surface area contributed by atoms with Crippen LogP contribution in [0.25, 0.3) is 5.65 Å². The first kappa shape index (κ1) is 25.4. The number of hydrogen-bond acceptors (Lipinski definition) is 5. The lowest BCUT2D eigenvalue weighted by molar-refractivity contribution is -0.138. The highest BCUT2D eigenvalue weighted by Gasteiger charge is 2.34. The van der Waals surface area contributed by atoms with Crippen molar-refractivity contribution in [3.05, 3.63) is 94.4 Å². The van der Waals surface area contributed by atoms with Crippen molar-refractivity contribution in [2.24, 2.45) is 0 Å². The molecule has 3 heterocycles. The first-order chi connectivity index (χ1) is 18.3. The number of rotatable bonds is 4. The number of aromatic nitrogens is 3. The molecule has 4 aromatic rings. The van der Waals surface area contributed by atoms with Crippen LogP contribution in [0, 0.1) is 18.8 Å². The molecule has 1 saturated heterocycles. The monoisotopic (exact) mass is 519 g/mol. The topological polar surface area (TPSA) is 71.8 Å². The molecule has 0 radical (unpaired) electrons. The van der Waals surface area contributed by atoms with E-state index in [0.29, 0.717) is 43.1 Å². The molecule has 7 nitrogen and oxygen atoms in total. The van der Waals surface area contributed by atoms with Gasteiger partial charge in [0.05, 0.1) is 30.5 Å². The lowest BCUT2D eigenvalue weighted by atomic mass is 10.0. The predicted octanol–water partition coefficient (Wildman–Crippen LogP) is 4.54. The SMILES string of the molecule is Cc1ccc(C(=O)Nc2ccc(CN3CCOCC3)c(C(F)(F)F)c2)cc1C#Cc1cnc2ccnn2c1. The van der Waals surface area contributed by atoms with Gasteiger partial charge in [-0.15, -0.1) is 0 Å². The van der Waals surface area contributed by atoms with Gasteiger partial charge in [0.1, 0.15) is 0 Å². The minimum absolute atomic E-state index is 0.0693. The number of amides is 1. The summed E-state index contributed by atoms with van der Waals surface area (Å²) in [5.41, 5.74) is 2.57. The quantitative estimate of drug-likeness (QED) is 0.401. The number of ether oxygens (including phenoxy) is 1. The molecule has 0 saturated carbocycles. The van der Waals surface area contributed by atoms with E-state index in [9.17, 15) is 18.0 Å². The number of nitrogens with zero attached hydrogens (tertiary/aromatic N) is 4. The molecule has 2 aromatic carbocycles. The highest BCUT2D eigenvalue weighted by Crippen LogP contribution is 2.34. The molecule has 5 rings (SSSR count). The van der Waals surface area contributed by atoms with Crippen molar-refractivity contribution in [3.8, 4) is 11.8 Å². The molecule has 1 aliphatic heterocycles. The summed E-state index contributed by atoms with van der Waals surface area (Å²) in [5.74, 6) is 5.54. The molecule has 10 heteroatoms. The maximum Gasteiger partial charge on any atom is 0.416 e. The van der Waals surface area contributed by atoms with E-state index in [4.69, 9.17) is 4.74 Å². The molecule has 1 aliphatic rings. The Morgan fingerprint density at radius 2 is 1.92 bits per heavy atom. The number of halogens is 3. The standard InChI is InChI=1S/C28H24F3N5O2/c1-19-2-4-22(14-21(19)5-3-20-16-32-26-8-9-33-36(26)17-20)27(37)34-24-7-6-23(25(15-24)28(29,30)31)18-35-10-12-38-13-11-35/h2,4,6-9,14-17H,10-13,18H2,1H3,(H,34,37). The average Bonchev–Trinajstić information content (AvgIpc) is 3.37. The lowest BCUT2D eigenvalue weighted by Gasteiger charge is -2.27. The third kappa shape index (κ3) is 5.85. The van der Waals surface area contributed by atoms with E-state index in [1.54, 1.807) is 47.4 Å². The van der Waals surface area contributed by atoms with Gasteiger partial charge in [0.15, 0.2) is 5.65 Å². The molecule has 1 N–H and O–H groups in total. The molecular formula is C28H24F3N5O2. The van der Waals surface area contributed by atoms with E-state index >= 15 is 0 Å². The molecule has 38 heavy (non-hydrogen) atoms. The fraction of sp³-hybridized carbons (Fsp3) is 0.250. The minimum atomic E-state index is -4.55. The third-order valence-electron chi connectivity index (χ3n) is 6.26. The lowest BCUT2D eigenvalue weighted by Crippen LogP contribution is -2.36. The Balaban J connectivity index is 1.35. The zero-order valence-electron chi connectivity index (χ0n) is 20.5.